The van der Waals surface area contributed by atoms with E-state index in [2.05, 4.69) is 22.8 Å². The maximum absolute atomic E-state index is 14.6. The highest BCUT2D eigenvalue weighted by Crippen LogP contribution is 2.56. The van der Waals surface area contributed by atoms with Crippen LogP contribution in [0.3, 0.4) is 0 Å². The highest BCUT2D eigenvalue weighted by Gasteiger charge is 2.41. The number of carbonyl (C=O) groups is 3. The van der Waals surface area contributed by atoms with E-state index in [0.717, 1.165) is 44.5 Å². The normalized spacial score (nSPS) is 14.0. The second-order valence-electron chi connectivity index (χ2n) is 16.5. The van der Waals surface area contributed by atoms with Crippen molar-refractivity contribution in [2.75, 3.05) is 26.1 Å². The fourth-order valence-electron chi connectivity index (χ4n) is 8.36. The number of alkyl carbamates (subject to hydrolysis) is 1. The van der Waals surface area contributed by atoms with Gasteiger partial charge in [0.05, 0.1) is 20.6 Å². The summed E-state index contributed by atoms with van der Waals surface area (Å²) in [6.45, 7) is 11.9. The molecule has 59 heavy (non-hydrogen) atoms. The van der Waals surface area contributed by atoms with Gasteiger partial charge in [-0.05, 0) is 85.3 Å². The number of ether oxygens (including phenoxy) is 5. The molecule has 5 aromatic carbocycles. The molecule has 2 amide bonds. The molecule has 0 aromatic heterocycles. The van der Waals surface area contributed by atoms with Gasteiger partial charge in [0.2, 0.25) is 5.91 Å². The van der Waals surface area contributed by atoms with E-state index in [1.807, 2.05) is 114 Å². The van der Waals surface area contributed by atoms with Crippen LogP contribution in [-0.4, -0.2) is 55.5 Å². The van der Waals surface area contributed by atoms with Gasteiger partial charge in [0.25, 0.3) is 0 Å². The average Bonchev–Trinajstić information content (AvgIpc) is 3.51. The van der Waals surface area contributed by atoms with Gasteiger partial charge in [-0.15, -0.1) is 0 Å². The lowest BCUT2D eigenvalue weighted by molar-refractivity contribution is -0.136. The Bertz CT molecular complexity index is 2390. The smallest absolute Gasteiger partial charge is 0.407 e. The largest absolute Gasteiger partial charge is 0.496 e. The van der Waals surface area contributed by atoms with E-state index in [1.165, 1.54) is 14.2 Å². The Morgan fingerprint density at radius 1 is 0.847 bits per heavy atom. The predicted molar refractivity (Wildman–Crippen MR) is 225 cm³/mol. The second kappa shape index (κ2) is 16.0. The van der Waals surface area contributed by atoms with Crippen LogP contribution in [-0.2, 0) is 32.6 Å². The van der Waals surface area contributed by atoms with Crippen LogP contribution in [0.1, 0.15) is 79.5 Å². The molecule has 1 aliphatic heterocycles. The molecule has 1 atom stereocenters. The molecule has 1 heterocycles. The molecule has 11 heteroatoms. The van der Waals surface area contributed by atoms with Crippen LogP contribution in [0, 0.1) is 6.92 Å². The van der Waals surface area contributed by atoms with Crippen LogP contribution in [0.5, 0.6) is 28.7 Å². The van der Waals surface area contributed by atoms with Gasteiger partial charge in [0.1, 0.15) is 46.9 Å². The highest BCUT2D eigenvalue weighted by atomic mass is 16.5. The van der Waals surface area contributed by atoms with Crippen LogP contribution in [0.15, 0.2) is 91.0 Å². The summed E-state index contributed by atoms with van der Waals surface area (Å²) in [5.74, 6) is 0.200. The summed E-state index contributed by atoms with van der Waals surface area (Å²) in [6.07, 6.45) is -1.000. The lowest BCUT2D eigenvalue weighted by Gasteiger charge is -2.38. The Labute approximate surface area is 344 Å². The number of methoxy groups -OCH3 is 2. The van der Waals surface area contributed by atoms with Crippen molar-refractivity contribution in [2.24, 2.45) is 0 Å². The van der Waals surface area contributed by atoms with E-state index in [4.69, 9.17) is 23.7 Å². The van der Waals surface area contributed by atoms with E-state index in [9.17, 15) is 19.5 Å². The number of aliphatic carboxylic acids is 1. The standard InChI is InChI=1S/C48H50N2O9/c1-27-23-39(56-8)34(25-40(51)52)43-41(27)48(5,6)36-21-22-38(55-7)42(44(36)58-43)50-45(53)37(24-28-17-19-29(20-18-28)59-47(2,3)4)49-46(54)57-26-35-32-15-11-9-13-30(32)31-14-10-12-16-33(31)35/h9-23,35,37H,24-26H2,1-8H3,(H,49,54)(H,50,53)(H,51,52)/t37-/m0/s1. The number of carbonyl (C=O) groups excluding carboxylic acids is 2. The van der Waals surface area contributed by atoms with Crippen molar-refractivity contribution in [2.45, 2.75) is 77.4 Å². The van der Waals surface area contributed by atoms with Crippen LogP contribution in [0.25, 0.3) is 11.1 Å². The number of hydrogen-bond donors (Lipinski definition) is 3. The molecule has 2 aliphatic rings. The van der Waals surface area contributed by atoms with Gasteiger partial charge >= 0.3 is 12.1 Å². The van der Waals surface area contributed by atoms with Crippen LogP contribution in [0.4, 0.5) is 10.5 Å². The van der Waals surface area contributed by atoms with Gasteiger partial charge < -0.3 is 39.4 Å². The van der Waals surface area contributed by atoms with Gasteiger partial charge in [-0.3, -0.25) is 9.59 Å². The molecule has 0 spiro atoms. The molecular weight excluding hydrogens is 749 g/mol. The van der Waals surface area contributed by atoms with E-state index in [1.54, 1.807) is 6.07 Å². The second-order valence-corrected chi connectivity index (χ2v) is 16.5. The number of carboxylic acid groups (broad SMARTS) is 1. The molecular formula is C48H50N2O9. The third-order valence-corrected chi connectivity index (χ3v) is 10.9. The fraction of sp³-hybridized carbons (Fsp3) is 0.312. The topological polar surface area (TPSA) is 142 Å². The van der Waals surface area contributed by atoms with Crippen LogP contribution in [0.2, 0.25) is 0 Å². The van der Waals surface area contributed by atoms with Gasteiger partial charge in [-0.1, -0.05) is 80.6 Å². The molecule has 0 saturated heterocycles. The van der Waals surface area contributed by atoms with Crippen molar-refractivity contribution in [3.63, 3.8) is 0 Å². The molecule has 1 aliphatic carbocycles. The van der Waals surface area contributed by atoms with Crippen molar-refractivity contribution in [3.8, 4) is 39.9 Å². The average molecular weight is 799 g/mol. The Morgan fingerprint density at radius 2 is 1.47 bits per heavy atom. The Morgan fingerprint density at radius 3 is 2.07 bits per heavy atom. The number of hydrogen-bond acceptors (Lipinski definition) is 8. The number of carboxylic acids is 1. The van der Waals surface area contributed by atoms with Crippen molar-refractivity contribution in [1.82, 2.24) is 5.32 Å². The minimum absolute atomic E-state index is 0.0664. The molecule has 0 radical (unpaired) electrons. The van der Waals surface area contributed by atoms with Crippen molar-refractivity contribution < 1.29 is 43.2 Å². The zero-order valence-electron chi connectivity index (χ0n) is 34.6. The summed E-state index contributed by atoms with van der Waals surface area (Å²) in [4.78, 5) is 40.5. The summed E-state index contributed by atoms with van der Waals surface area (Å²) in [7, 11) is 2.97. The van der Waals surface area contributed by atoms with E-state index in [0.29, 0.717) is 28.6 Å². The third-order valence-electron chi connectivity index (χ3n) is 10.9. The monoisotopic (exact) mass is 798 g/mol. The molecule has 306 valence electrons. The number of rotatable bonds is 12. The first-order chi connectivity index (χ1) is 28.1. The number of benzene rings is 5. The molecule has 0 saturated carbocycles. The zero-order valence-corrected chi connectivity index (χ0v) is 34.6. The summed E-state index contributed by atoms with van der Waals surface area (Å²) in [5.41, 5.74) is 6.99. The van der Waals surface area contributed by atoms with Gasteiger partial charge in [0.15, 0.2) is 5.75 Å². The number of anilines is 1. The minimum atomic E-state index is -1.12. The van der Waals surface area contributed by atoms with Gasteiger partial charge in [-0.2, -0.15) is 0 Å². The van der Waals surface area contributed by atoms with Crippen molar-refractivity contribution >= 4 is 23.7 Å². The number of nitrogens with one attached hydrogen (secondary N) is 2. The number of fused-ring (bicyclic) bond motifs is 5. The van der Waals surface area contributed by atoms with Gasteiger partial charge in [-0.25, -0.2) is 4.79 Å². The SMILES string of the molecule is COc1cc(C)c2c(c1CC(=O)O)Oc1c(ccc(OC)c1NC(=O)[C@H](Cc1ccc(OC(C)(C)C)cc1)NC(=O)OCC1c3ccccc3-c3ccccc31)C2(C)C. The van der Waals surface area contributed by atoms with Crippen molar-refractivity contribution in [3.05, 3.63) is 130 Å². The maximum atomic E-state index is 14.6. The third kappa shape index (κ3) is 8.14. The van der Waals surface area contributed by atoms with E-state index in [-0.39, 0.29) is 36.8 Å². The lowest BCUT2D eigenvalue weighted by Crippen LogP contribution is -2.45. The predicted octanol–water partition coefficient (Wildman–Crippen LogP) is 9.34. The molecule has 0 fully saturated rings. The van der Waals surface area contributed by atoms with Gasteiger partial charge in [0, 0.05) is 34.4 Å². The summed E-state index contributed by atoms with van der Waals surface area (Å²) in [5, 5.41) is 15.8. The molecule has 0 unspecified atom stereocenters. The highest BCUT2D eigenvalue weighted by molar-refractivity contribution is 6.00. The Balaban J connectivity index is 1.21. The number of amides is 2. The van der Waals surface area contributed by atoms with E-state index < -0.39 is 35.0 Å². The molecule has 3 N–H and O–H groups in total. The Kier molecular flexibility index (Phi) is 11.1. The first-order valence-corrected chi connectivity index (χ1v) is 19.6. The first-order valence-electron chi connectivity index (χ1n) is 19.6. The maximum Gasteiger partial charge on any atom is 0.407 e. The van der Waals surface area contributed by atoms with Crippen molar-refractivity contribution in [1.29, 1.82) is 0 Å². The molecule has 0 bridgehead atoms. The van der Waals surface area contributed by atoms with E-state index >= 15 is 0 Å². The Hall–Kier alpha value is -6.49. The fourth-order valence-corrected chi connectivity index (χ4v) is 8.36. The van der Waals surface area contributed by atoms with Crippen LogP contribution < -0.4 is 29.6 Å². The first kappa shape index (κ1) is 40.7. The van der Waals surface area contributed by atoms with Crippen LogP contribution >= 0.6 is 0 Å². The molecule has 7 rings (SSSR count). The quantitative estimate of drug-likeness (QED) is 0.113. The summed E-state index contributed by atoms with van der Waals surface area (Å²) < 4.78 is 30.0. The summed E-state index contributed by atoms with van der Waals surface area (Å²) in [6, 6.07) is 27.9. The minimum Gasteiger partial charge on any atom is -0.496 e. The lowest BCUT2D eigenvalue weighted by atomic mass is 9.72. The molecule has 5 aromatic rings. The molecule has 11 nitrogen and oxygen atoms in total. The zero-order chi connectivity index (χ0) is 42.2. The summed E-state index contributed by atoms with van der Waals surface area (Å²) >= 11 is 0. The number of aryl methyl sites for hydroxylation is 1.